The van der Waals surface area contributed by atoms with E-state index in [2.05, 4.69) is 27.6 Å². The highest BCUT2D eigenvalue weighted by atomic mass is 32.1. The summed E-state index contributed by atoms with van der Waals surface area (Å²) in [5, 5.41) is 6.30. The largest absolute Gasteiger partial charge is 0.362 e. The summed E-state index contributed by atoms with van der Waals surface area (Å²) in [7, 11) is 0. The smallest absolute Gasteiger partial charge is 0.183 e. The molecule has 2 heterocycles. The summed E-state index contributed by atoms with van der Waals surface area (Å²) in [6.07, 6.45) is 4.71. The molecule has 0 aliphatic carbocycles. The SMILES string of the molecule is CCCNc1nc(-c2cccnc2)cs1. The third-order valence-electron chi connectivity index (χ3n) is 1.99. The lowest BCUT2D eigenvalue weighted by Gasteiger charge is -1.97. The lowest BCUT2D eigenvalue weighted by molar-refractivity contribution is 0.976. The van der Waals surface area contributed by atoms with Gasteiger partial charge in [0.15, 0.2) is 5.13 Å². The fourth-order valence-corrected chi connectivity index (χ4v) is 1.98. The Bertz CT molecular complexity index is 411. The van der Waals surface area contributed by atoms with Crippen LogP contribution in [0.15, 0.2) is 29.9 Å². The molecule has 3 nitrogen and oxygen atoms in total. The number of thiazole rings is 1. The Morgan fingerprint density at radius 2 is 2.40 bits per heavy atom. The number of hydrogen-bond acceptors (Lipinski definition) is 4. The Kier molecular flexibility index (Phi) is 3.29. The van der Waals surface area contributed by atoms with E-state index >= 15 is 0 Å². The molecule has 0 bridgehead atoms. The van der Waals surface area contributed by atoms with Gasteiger partial charge in [-0.25, -0.2) is 4.98 Å². The molecule has 0 saturated carbocycles. The van der Waals surface area contributed by atoms with E-state index in [1.807, 2.05) is 18.3 Å². The van der Waals surface area contributed by atoms with E-state index in [-0.39, 0.29) is 0 Å². The number of aromatic nitrogens is 2. The van der Waals surface area contributed by atoms with Crippen molar-refractivity contribution in [1.82, 2.24) is 9.97 Å². The van der Waals surface area contributed by atoms with Crippen LogP contribution in [0.3, 0.4) is 0 Å². The molecule has 0 fully saturated rings. The highest BCUT2D eigenvalue weighted by molar-refractivity contribution is 7.14. The normalized spacial score (nSPS) is 10.2. The van der Waals surface area contributed by atoms with Gasteiger partial charge in [-0.05, 0) is 18.6 Å². The van der Waals surface area contributed by atoms with Crippen molar-refractivity contribution in [2.75, 3.05) is 11.9 Å². The van der Waals surface area contributed by atoms with Gasteiger partial charge in [-0.3, -0.25) is 4.98 Å². The average Bonchev–Trinajstić information content (AvgIpc) is 2.76. The third kappa shape index (κ3) is 2.53. The molecule has 0 atom stereocenters. The van der Waals surface area contributed by atoms with Crippen LogP contribution >= 0.6 is 11.3 Å². The van der Waals surface area contributed by atoms with Crippen LogP contribution in [0.5, 0.6) is 0 Å². The quantitative estimate of drug-likeness (QED) is 0.859. The van der Waals surface area contributed by atoms with Crippen molar-refractivity contribution in [1.29, 1.82) is 0 Å². The molecule has 0 radical (unpaired) electrons. The minimum atomic E-state index is 0.972. The molecule has 0 amide bonds. The predicted octanol–water partition coefficient (Wildman–Crippen LogP) is 3.03. The van der Waals surface area contributed by atoms with E-state index in [1.165, 1.54) is 0 Å². The number of pyridine rings is 1. The summed E-state index contributed by atoms with van der Waals surface area (Å²) in [4.78, 5) is 8.56. The van der Waals surface area contributed by atoms with Gasteiger partial charge in [0, 0.05) is 29.9 Å². The minimum absolute atomic E-state index is 0.972. The van der Waals surface area contributed by atoms with E-state index in [1.54, 1.807) is 17.5 Å². The van der Waals surface area contributed by atoms with E-state index in [0.29, 0.717) is 0 Å². The van der Waals surface area contributed by atoms with E-state index in [4.69, 9.17) is 0 Å². The second-order valence-electron chi connectivity index (χ2n) is 3.21. The van der Waals surface area contributed by atoms with Crippen molar-refractivity contribution in [2.45, 2.75) is 13.3 Å². The van der Waals surface area contributed by atoms with E-state index in [9.17, 15) is 0 Å². The Balaban J connectivity index is 2.14. The molecular weight excluding hydrogens is 206 g/mol. The van der Waals surface area contributed by atoms with Crippen LogP contribution < -0.4 is 5.32 Å². The molecule has 2 rings (SSSR count). The van der Waals surface area contributed by atoms with Gasteiger partial charge in [-0.1, -0.05) is 6.92 Å². The van der Waals surface area contributed by atoms with Crippen molar-refractivity contribution in [3.8, 4) is 11.3 Å². The minimum Gasteiger partial charge on any atom is -0.362 e. The molecule has 0 spiro atoms. The van der Waals surface area contributed by atoms with Gasteiger partial charge < -0.3 is 5.32 Å². The molecule has 78 valence electrons. The van der Waals surface area contributed by atoms with Gasteiger partial charge >= 0.3 is 0 Å². The molecule has 2 aromatic heterocycles. The predicted molar refractivity (Wildman–Crippen MR) is 64.1 cm³/mol. The lowest BCUT2D eigenvalue weighted by atomic mass is 10.2. The topological polar surface area (TPSA) is 37.8 Å². The van der Waals surface area contributed by atoms with Crippen molar-refractivity contribution in [3.05, 3.63) is 29.9 Å². The molecule has 0 aliphatic rings. The molecule has 0 aromatic carbocycles. The molecule has 1 N–H and O–H groups in total. The van der Waals surface area contributed by atoms with Crippen LogP contribution in [0, 0.1) is 0 Å². The van der Waals surface area contributed by atoms with Crippen LogP contribution in [-0.4, -0.2) is 16.5 Å². The third-order valence-corrected chi connectivity index (χ3v) is 2.79. The number of nitrogens with zero attached hydrogens (tertiary/aromatic N) is 2. The summed E-state index contributed by atoms with van der Waals surface area (Å²) in [6, 6.07) is 3.94. The van der Waals surface area contributed by atoms with E-state index < -0.39 is 0 Å². The molecule has 2 aromatic rings. The first-order valence-electron chi connectivity index (χ1n) is 5.00. The zero-order valence-corrected chi connectivity index (χ0v) is 9.42. The van der Waals surface area contributed by atoms with Crippen LogP contribution in [-0.2, 0) is 0 Å². The fraction of sp³-hybridized carbons (Fsp3) is 0.273. The molecule has 0 unspecified atom stereocenters. The fourth-order valence-electron chi connectivity index (χ4n) is 1.23. The number of hydrogen-bond donors (Lipinski definition) is 1. The summed E-state index contributed by atoms with van der Waals surface area (Å²) in [6.45, 7) is 3.11. The molecule has 0 aliphatic heterocycles. The number of nitrogens with one attached hydrogen (secondary N) is 1. The summed E-state index contributed by atoms with van der Waals surface area (Å²) >= 11 is 1.63. The zero-order chi connectivity index (χ0) is 10.5. The summed E-state index contributed by atoms with van der Waals surface area (Å²) in [5.74, 6) is 0. The van der Waals surface area contributed by atoms with Crippen molar-refractivity contribution >= 4 is 16.5 Å². The van der Waals surface area contributed by atoms with Crippen molar-refractivity contribution < 1.29 is 0 Å². The van der Waals surface area contributed by atoms with Crippen LogP contribution in [0.4, 0.5) is 5.13 Å². The van der Waals surface area contributed by atoms with Crippen LogP contribution in [0.2, 0.25) is 0 Å². The monoisotopic (exact) mass is 219 g/mol. The Morgan fingerprint density at radius 3 is 3.13 bits per heavy atom. The maximum Gasteiger partial charge on any atom is 0.183 e. The summed E-state index contributed by atoms with van der Waals surface area (Å²) in [5.41, 5.74) is 2.06. The molecule has 0 saturated heterocycles. The van der Waals surface area contributed by atoms with Gasteiger partial charge in [0.1, 0.15) is 0 Å². The van der Waals surface area contributed by atoms with Gasteiger partial charge in [-0.15, -0.1) is 11.3 Å². The second-order valence-corrected chi connectivity index (χ2v) is 4.06. The molecule has 15 heavy (non-hydrogen) atoms. The Hall–Kier alpha value is -1.42. The lowest BCUT2D eigenvalue weighted by Crippen LogP contribution is -1.98. The standard InChI is InChI=1S/C11H13N3S/c1-2-5-13-11-14-10(8-15-11)9-4-3-6-12-7-9/h3-4,6-8H,2,5H2,1H3,(H,13,14). The highest BCUT2D eigenvalue weighted by Crippen LogP contribution is 2.23. The van der Waals surface area contributed by atoms with Crippen LogP contribution in [0.1, 0.15) is 13.3 Å². The van der Waals surface area contributed by atoms with E-state index in [0.717, 1.165) is 29.4 Å². The summed E-state index contributed by atoms with van der Waals surface area (Å²) < 4.78 is 0. The first-order valence-corrected chi connectivity index (χ1v) is 5.88. The first kappa shape index (κ1) is 10.1. The average molecular weight is 219 g/mol. The highest BCUT2D eigenvalue weighted by Gasteiger charge is 2.02. The van der Waals surface area contributed by atoms with Crippen molar-refractivity contribution in [3.63, 3.8) is 0 Å². The Morgan fingerprint density at radius 1 is 1.47 bits per heavy atom. The van der Waals surface area contributed by atoms with Crippen molar-refractivity contribution in [2.24, 2.45) is 0 Å². The second kappa shape index (κ2) is 4.89. The zero-order valence-electron chi connectivity index (χ0n) is 8.60. The molecule has 4 heteroatoms. The Labute approximate surface area is 93.2 Å². The van der Waals surface area contributed by atoms with Gasteiger partial charge in [-0.2, -0.15) is 0 Å². The van der Waals surface area contributed by atoms with Crippen LogP contribution in [0.25, 0.3) is 11.3 Å². The first-order chi connectivity index (χ1) is 7.40. The van der Waals surface area contributed by atoms with Gasteiger partial charge in [0.05, 0.1) is 5.69 Å². The number of rotatable bonds is 4. The molecular formula is C11H13N3S. The maximum atomic E-state index is 4.49. The number of anilines is 1. The van der Waals surface area contributed by atoms with Gasteiger partial charge in [0.25, 0.3) is 0 Å². The maximum absolute atomic E-state index is 4.49. The van der Waals surface area contributed by atoms with Gasteiger partial charge in [0.2, 0.25) is 0 Å².